The van der Waals surface area contributed by atoms with Gasteiger partial charge in [-0.2, -0.15) is 0 Å². The van der Waals surface area contributed by atoms with Gasteiger partial charge in [-0.25, -0.2) is 4.79 Å². The molecule has 1 aliphatic carbocycles. The van der Waals surface area contributed by atoms with Gasteiger partial charge in [-0.3, -0.25) is 9.59 Å². The first-order chi connectivity index (χ1) is 8.99. The van der Waals surface area contributed by atoms with E-state index in [-0.39, 0.29) is 30.3 Å². The summed E-state index contributed by atoms with van der Waals surface area (Å²) < 4.78 is 9.83. The highest BCUT2D eigenvalue weighted by Gasteiger charge is 2.46. The van der Waals surface area contributed by atoms with Gasteiger partial charge in [-0.1, -0.05) is 0 Å². The summed E-state index contributed by atoms with van der Waals surface area (Å²) in [5.74, 6) is -1.03. The maximum Gasteiger partial charge on any atom is 0.328 e. The Morgan fingerprint density at radius 2 is 1.84 bits per heavy atom. The Morgan fingerprint density at radius 1 is 1.21 bits per heavy atom. The summed E-state index contributed by atoms with van der Waals surface area (Å²) in [4.78, 5) is 34.3. The van der Waals surface area contributed by atoms with Crippen LogP contribution in [-0.4, -0.2) is 37.1 Å². The molecule has 6 heteroatoms. The number of carbonyl (C=O) groups is 3. The highest BCUT2D eigenvalue weighted by Crippen LogP contribution is 2.43. The smallest absolute Gasteiger partial charge is 0.328 e. The zero-order chi connectivity index (χ0) is 14.4. The molecule has 1 fully saturated rings. The van der Waals surface area contributed by atoms with Crippen LogP contribution in [0.1, 0.15) is 33.6 Å². The second-order valence-corrected chi connectivity index (χ2v) is 4.60. The molecule has 0 bridgehead atoms. The lowest BCUT2D eigenvalue weighted by Crippen LogP contribution is -2.41. The molecule has 0 heterocycles. The minimum absolute atomic E-state index is 0.0836. The van der Waals surface area contributed by atoms with Crippen LogP contribution in [0.15, 0.2) is 0 Å². The standard InChI is InChI=1S/C13H21NO5/c1-4-18-12(16)10-6-9(10)7-11(14-8(3)15)13(17)19-5-2/h9-11H,4-7H2,1-3H3,(H,14,15)/t9-,10+,11-/m1/s1. The van der Waals surface area contributed by atoms with E-state index in [1.165, 1.54) is 6.92 Å². The predicted octanol–water partition coefficient (Wildman–Crippen LogP) is 0.643. The molecule has 1 rings (SSSR count). The molecule has 19 heavy (non-hydrogen) atoms. The fourth-order valence-electron chi connectivity index (χ4n) is 2.05. The van der Waals surface area contributed by atoms with Crippen molar-refractivity contribution in [3.63, 3.8) is 0 Å². The average molecular weight is 271 g/mol. The molecule has 0 aromatic heterocycles. The van der Waals surface area contributed by atoms with Gasteiger partial charge in [-0.05, 0) is 32.6 Å². The second kappa shape index (κ2) is 7.11. The minimum atomic E-state index is -0.679. The van der Waals surface area contributed by atoms with Crippen molar-refractivity contribution in [1.29, 1.82) is 0 Å². The normalized spacial score (nSPS) is 22.3. The number of carbonyl (C=O) groups excluding carboxylic acids is 3. The summed E-state index contributed by atoms with van der Waals surface area (Å²) >= 11 is 0. The first-order valence-corrected chi connectivity index (χ1v) is 6.59. The third-order valence-corrected chi connectivity index (χ3v) is 3.00. The Hall–Kier alpha value is -1.59. The maximum atomic E-state index is 11.7. The molecule has 1 aliphatic rings. The lowest BCUT2D eigenvalue weighted by atomic mass is 10.1. The Kier molecular flexibility index (Phi) is 5.79. The van der Waals surface area contributed by atoms with Crippen molar-refractivity contribution in [2.45, 2.75) is 39.7 Å². The zero-order valence-corrected chi connectivity index (χ0v) is 11.6. The maximum absolute atomic E-state index is 11.7. The lowest BCUT2D eigenvalue weighted by molar-refractivity contribution is -0.148. The van der Waals surface area contributed by atoms with Crippen molar-refractivity contribution in [3.8, 4) is 0 Å². The van der Waals surface area contributed by atoms with Gasteiger partial charge in [-0.15, -0.1) is 0 Å². The number of rotatable bonds is 7. The summed E-state index contributed by atoms with van der Waals surface area (Å²) in [7, 11) is 0. The number of amides is 1. The summed E-state index contributed by atoms with van der Waals surface area (Å²) in [5, 5.41) is 2.56. The summed E-state index contributed by atoms with van der Waals surface area (Å²) in [6.07, 6.45) is 1.12. The van der Waals surface area contributed by atoms with Gasteiger partial charge in [0, 0.05) is 6.92 Å². The van der Waals surface area contributed by atoms with Gasteiger partial charge in [0.15, 0.2) is 0 Å². The number of hydrogen-bond acceptors (Lipinski definition) is 5. The van der Waals surface area contributed by atoms with Gasteiger partial charge in [0.2, 0.25) is 5.91 Å². The Balaban J connectivity index is 2.48. The summed E-state index contributed by atoms with van der Waals surface area (Å²) in [6.45, 7) is 5.44. The monoisotopic (exact) mass is 271 g/mol. The van der Waals surface area contributed by atoms with E-state index in [2.05, 4.69) is 5.32 Å². The van der Waals surface area contributed by atoms with E-state index < -0.39 is 12.0 Å². The van der Waals surface area contributed by atoms with Crippen molar-refractivity contribution in [1.82, 2.24) is 5.32 Å². The molecule has 1 saturated carbocycles. The molecule has 0 radical (unpaired) electrons. The molecule has 1 N–H and O–H groups in total. The number of esters is 2. The average Bonchev–Trinajstić information content (AvgIpc) is 3.07. The highest BCUT2D eigenvalue weighted by molar-refractivity contribution is 5.83. The molecule has 0 aromatic carbocycles. The van der Waals surface area contributed by atoms with E-state index in [0.717, 1.165) is 0 Å². The van der Waals surface area contributed by atoms with Crippen LogP contribution in [0.3, 0.4) is 0 Å². The zero-order valence-electron chi connectivity index (χ0n) is 11.6. The first-order valence-electron chi connectivity index (χ1n) is 6.59. The molecular weight excluding hydrogens is 250 g/mol. The molecule has 0 saturated heterocycles. The van der Waals surface area contributed by atoms with Crippen molar-refractivity contribution < 1.29 is 23.9 Å². The van der Waals surface area contributed by atoms with Gasteiger partial charge in [0.05, 0.1) is 19.1 Å². The van der Waals surface area contributed by atoms with E-state index in [1.807, 2.05) is 0 Å². The second-order valence-electron chi connectivity index (χ2n) is 4.60. The van der Waals surface area contributed by atoms with Crippen molar-refractivity contribution >= 4 is 17.8 Å². The fraction of sp³-hybridized carbons (Fsp3) is 0.769. The highest BCUT2D eigenvalue weighted by atomic mass is 16.5. The van der Waals surface area contributed by atoms with Crippen molar-refractivity contribution in [2.24, 2.45) is 11.8 Å². The van der Waals surface area contributed by atoms with Gasteiger partial charge in [0.25, 0.3) is 0 Å². The van der Waals surface area contributed by atoms with Crippen molar-refractivity contribution in [2.75, 3.05) is 13.2 Å². The van der Waals surface area contributed by atoms with Gasteiger partial charge in [0.1, 0.15) is 6.04 Å². The van der Waals surface area contributed by atoms with Crippen LogP contribution in [0, 0.1) is 11.8 Å². The topological polar surface area (TPSA) is 81.7 Å². The van der Waals surface area contributed by atoms with Crippen LogP contribution >= 0.6 is 0 Å². The quantitative estimate of drug-likeness (QED) is 0.687. The first kappa shape index (κ1) is 15.5. The molecule has 0 unspecified atom stereocenters. The third-order valence-electron chi connectivity index (χ3n) is 3.00. The van der Waals surface area contributed by atoms with Crippen LogP contribution in [0.25, 0.3) is 0 Å². The summed E-state index contributed by atoms with van der Waals surface area (Å²) in [6, 6.07) is -0.679. The molecule has 3 atom stereocenters. The van der Waals surface area contributed by atoms with Crippen LogP contribution in [0.2, 0.25) is 0 Å². The third kappa shape index (κ3) is 4.89. The van der Waals surface area contributed by atoms with Crippen LogP contribution in [0.5, 0.6) is 0 Å². The lowest BCUT2D eigenvalue weighted by Gasteiger charge is -2.16. The molecule has 0 aromatic rings. The Bertz CT molecular complexity index is 355. The minimum Gasteiger partial charge on any atom is -0.466 e. The predicted molar refractivity (Wildman–Crippen MR) is 67.1 cm³/mol. The van der Waals surface area contributed by atoms with E-state index in [9.17, 15) is 14.4 Å². The van der Waals surface area contributed by atoms with Crippen molar-refractivity contribution in [3.05, 3.63) is 0 Å². The van der Waals surface area contributed by atoms with Crippen LogP contribution < -0.4 is 5.32 Å². The Labute approximate surface area is 112 Å². The SMILES string of the molecule is CCOC(=O)[C@H]1C[C@@H]1C[C@@H](NC(C)=O)C(=O)OCC. The number of hydrogen-bond donors (Lipinski definition) is 1. The van der Waals surface area contributed by atoms with Gasteiger partial charge >= 0.3 is 11.9 Å². The molecule has 1 amide bonds. The largest absolute Gasteiger partial charge is 0.466 e. The molecule has 0 spiro atoms. The molecular formula is C13H21NO5. The Morgan fingerprint density at radius 3 is 2.37 bits per heavy atom. The molecule has 0 aliphatic heterocycles. The number of nitrogens with one attached hydrogen (secondary N) is 1. The number of ether oxygens (including phenoxy) is 2. The molecule has 108 valence electrons. The molecule has 6 nitrogen and oxygen atoms in total. The van der Waals surface area contributed by atoms with E-state index in [4.69, 9.17) is 9.47 Å². The van der Waals surface area contributed by atoms with Gasteiger partial charge < -0.3 is 14.8 Å². The summed E-state index contributed by atoms with van der Waals surface area (Å²) in [5.41, 5.74) is 0. The van der Waals surface area contributed by atoms with E-state index in [1.54, 1.807) is 13.8 Å². The van der Waals surface area contributed by atoms with Crippen LogP contribution in [0.4, 0.5) is 0 Å². The van der Waals surface area contributed by atoms with E-state index in [0.29, 0.717) is 19.4 Å². The fourth-order valence-corrected chi connectivity index (χ4v) is 2.05. The van der Waals surface area contributed by atoms with Crippen LogP contribution in [-0.2, 0) is 23.9 Å². The van der Waals surface area contributed by atoms with E-state index >= 15 is 0 Å².